The number of fused-ring (bicyclic) bond motifs is 3. The molecule has 3 aromatic rings. The third-order valence-corrected chi connectivity index (χ3v) is 13.0. The summed E-state index contributed by atoms with van der Waals surface area (Å²) in [5.41, 5.74) is 0.724. The number of carboxylic acids is 1. The van der Waals surface area contributed by atoms with Gasteiger partial charge in [0.15, 0.2) is 9.84 Å². The number of hydrogen-bond donors (Lipinski definition) is 1. The summed E-state index contributed by atoms with van der Waals surface area (Å²) in [6.45, 7) is 1.95. The summed E-state index contributed by atoms with van der Waals surface area (Å²) >= 11 is 6.17. The van der Waals surface area contributed by atoms with Crippen molar-refractivity contribution in [1.29, 1.82) is 0 Å². The topological polar surface area (TPSA) is 101 Å². The van der Waals surface area contributed by atoms with Crippen LogP contribution in [0.3, 0.4) is 0 Å². The van der Waals surface area contributed by atoms with E-state index in [0.29, 0.717) is 49.8 Å². The fraction of sp³-hybridized carbons (Fsp3) is 0.412. The molecule has 1 amide bonds. The number of benzene rings is 3. The number of ether oxygens (including phenoxy) is 1. The highest BCUT2D eigenvalue weighted by atomic mass is 35.5. The number of likely N-dealkylation sites (tertiary alicyclic amines) is 1. The van der Waals surface area contributed by atoms with Crippen LogP contribution in [0, 0.1) is 23.0 Å². The summed E-state index contributed by atoms with van der Waals surface area (Å²) in [5.74, 6) is -2.13. The quantitative estimate of drug-likeness (QED) is 0.284. The normalized spacial score (nSPS) is 26.2. The van der Waals surface area contributed by atoms with Gasteiger partial charge in [0.1, 0.15) is 28.7 Å². The zero-order valence-electron chi connectivity index (χ0n) is 24.8. The molecular weight excluding hydrogens is 624 g/mol. The summed E-state index contributed by atoms with van der Waals surface area (Å²) < 4.78 is 62.0. The number of nitrogens with zero attached hydrogens (tertiary/aromatic N) is 1. The molecule has 7 nitrogen and oxygen atoms in total. The molecule has 45 heavy (non-hydrogen) atoms. The van der Waals surface area contributed by atoms with Gasteiger partial charge in [-0.3, -0.25) is 9.59 Å². The summed E-state index contributed by atoms with van der Waals surface area (Å²) in [6.07, 6.45) is 2.59. The first-order valence-electron chi connectivity index (χ1n) is 15.1. The number of sulfone groups is 1. The highest BCUT2D eigenvalue weighted by molar-refractivity contribution is 7.92. The van der Waals surface area contributed by atoms with E-state index in [-0.39, 0.29) is 41.0 Å². The van der Waals surface area contributed by atoms with Gasteiger partial charge in [-0.05, 0) is 105 Å². The Balaban J connectivity index is 1.37. The van der Waals surface area contributed by atoms with Crippen LogP contribution in [-0.2, 0) is 37.2 Å². The number of halogens is 3. The molecule has 1 saturated carbocycles. The van der Waals surface area contributed by atoms with Crippen LogP contribution in [0.25, 0.3) is 0 Å². The number of carbonyl (C=O) groups excluding carboxylic acids is 1. The largest absolute Gasteiger partial charge is 0.489 e. The molecule has 1 heterocycles. The molecule has 2 fully saturated rings. The SMILES string of the molecule is CC1(C(=O)N2CC[C@@]3(S(=O)(=O)c4ccc(F)cc4)c4ccc(OCc5c(F)cccc5Cl)cc4CC[C@@H]23)CCC(C(=O)O)CC1. The zero-order valence-corrected chi connectivity index (χ0v) is 26.3. The van der Waals surface area contributed by atoms with Crippen LogP contribution >= 0.6 is 11.6 Å². The molecule has 1 saturated heterocycles. The fourth-order valence-electron chi connectivity index (χ4n) is 7.55. The first kappa shape index (κ1) is 31.5. The molecule has 0 spiro atoms. The lowest BCUT2D eigenvalue weighted by Gasteiger charge is -2.45. The van der Waals surface area contributed by atoms with Gasteiger partial charge in [-0.25, -0.2) is 17.2 Å². The number of carboxylic acid groups (broad SMARTS) is 1. The lowest BCUT2D eigenvalue weighted by atomic mass is 9.70. The van der Waals surface area contributed by atoms with Crippen LogP contribution in [0.5, 0.6) is 5.75 Å². The van der Waals surface area contributed by atoms with Crippen LogP contribution in [0.15, 0.2) is 65.6 Å². The van der Waals surface area contributed by atoms with Gasteiger partial charge in [0.2, 0.25) is 5.91 Å². The Morgan fingerprint density at radius 2 is 1.73 bits per heavy atom. The molecule has 0 radical (unpaired) electrons. The van der Waals surface area contributed by atoms with E-state index in [1.807, 2.05) is 6.92 Å². The minimum absolute atomic E-state index is 0.0289. The highest BCUT2D eigenvalue weighted by Crippen LogP contribution is 2.54. The molecule has 3 aliphatic rings. The lowest BCUT2D eigenvalue weighted by molar-refractivity contribution is -0.150. The zero-order chi connectivity index (χ0) is 32.1. The smallest absolute Gasteiger partial charge is 0.306 e. The number of carbonyl (C=O) groups is 2. The van der Waals surface area contributed by atoms with Crippen LogP contribution in [0.4, 0.5) is 8.78 Å². The first-order valence-corrected chi connectivity index (χ1v) is 17.0. The minimum atomic E-state index is -4.15. The molecule has 2 aliphatic carbocycles. The highest BCUT2D eigenvalue weighted by Gasteiger charge is 2.62. The maximum atomic E-state index is 14.7. The Morgan fingerprint density at radius 1 is 1.02 bits per heavy atom. The van der Waals surface area contributed by atoms with Gasteiger partial charge in [0, 0.05) is 17.5 Å². The summed E-state index contributed by atoms with van der Waals surface area (Å²) in [5, 5.41) is 9.71. The number of aliphatic carboxylic acids is 1. The Hall–Kier alpha value is -3.50. The summed E-state index contributed by atoms with van der Waals surface area (Å²) in [7, 11) is -4.15. The third-order valence-electron chi connectivity index (χ3n) is 10.1. The Morgan fingerprint density at radius 3 is 2.40 bits per heavy atom. The molecule has 0 bridgehead atoms. The van der Waals surface area contributed by atoms with Gasteiger partial charge in [-0.1, -0.05) is 30.7 Å². The van der Waals surface area contributed by atoms with Crippen LogP contribution in [0.2, 0.25) is 5.02 Å². The predicted octanol–water partition coefficient (Wildman–Crippen LogP) is 6.69. The molecule has 6 rings (SSSR count). The second-order valence-corrected chi connectivity index (χ2v) is 15.2. The van der Waals surface area contributed by atoms with Gasteiger partial charge in [0.05, 0.1) is 21.9 Å². The second kappa shape index (κ2) is 11.7. The van der Waals surface area contributed by atoms with E-state index in [9.17, 15) is 31.9 Å². The van der Waals surface area contributed by atoms with E-state index in [0.717, 1.165) is 17.7 Å². The van der Waals surface area contributed by atoms with Crippen molar-refractivity contribution in [2.24, 2.45) is 11.3 Å². The molecule has 2 atom stereocenters. The van der Waals surface area contributed by atoms with E-state index >= 15 is 0 Å². The fourth-order valence-corrected chi connectivity index (χ4v) is 10.1. The van der Waals surface area contributed by atoms with Crippen molar-refractivity contribution in [2.45, 2.75) is 74.2 Å². The van der Waals surface area contributed by atoms with Gasteiger partial charge < -0.3 is 14.7 Å². The lowest BCUT2D eigenvalue weighted by Crippen LogP contribution is -2.55. The van der Waals surface area contributed by atoms with Crippen LogP contribution < -0.4 is 4.74 Å². The Labute approximate surface area is 266 Å². The maximum Gasteiger partial charge on any atom is 0.306 e. The number of amides is 1. The molecule has 1 N–H and O–H groups in total. The standard InChI is InChI=1S/C34H34ClF2NO6S/c1-33(15-13-21(14-16-33)31(39)40)32(41)38-18-17-34(45(42,43)25-9-6-23(36)7-10-25)27-11-8-24(19-22(27)5-12-30(34)38)44-20-26-28(35)3-2-4-29(26)37/h2-4,6-11,19,21,30H,5,12-18,20H2,1H3,(H,39,40)/t21?,30-,33?,34-/m1/s1. The van der Waals surface area contributed by atoms with Gasteiger partial charge >= 0.3 is 5.97 Å². The van der Waals surface area contributed by atoms with E-state index in [4.69, 9.17) is 16.3 Å². The van der Waals surface area contributed by atoms with Gasteiger partial charge in [0.25, 0.3) is 0 Å². The molecule has 0 aromatic heterocycles. The molecule has 1 aliphatic heterocycles. The second-order valence-electron chi connectivity index (χ2n) is 12.6. The van der Waals surface area contributed by atoms with Gasteiger partial charge in [-0.2, -0.15) is 0 Å². The van der Waals surface area contributed by atoms with E-state index < -0.39 is 49.6 Å². The van der Waals surface area contributed by atoms with Crippen LogP contribution in [-0.4, -0.2) is 42.9 Å². The Bertz CT molecular complexity index is 1740. The Kier molecular flexibility index (Phi) is 8.18. The van der Waals surface area contributed by atoms with Gasteiger partial charge in [-0.15, -0.1) is 0 Å². The monoisotopic (exact) mass is 657 g/mol. The minimum Gasteiger partial charge on any atom is -0.489 e. The summed E-state index contributed by atoms with van der Waals surface area (Å²) in [6, 6.07) is 13.6. The summed E-state index contributed by atoms with van der Waals surface area (Å²) in [4.78, 5) is 27.4. The van der Waals surface area contributed by atoms with Crippen molar-refractivity contribution in [3.63, 3.8) is 0 Å². The first-order chi connectivity index (χ1) is 21.4. The average Bonchev–Trinajstić information content (AvgIpc) is 3.42. The molecule has 0 unspecified atom stereocenters. The van der Waals surface area contributed by atoms with Crippen molar-refractivity contribution in [1.82, 2.24) is 4.90 Å². The van der Waals surface area contributed by atoms with Crippen molar-refractivity contribution < 1.29 is 36.6 Å². The predicted molar refractivity (Wildman–Crippen MR) is 164 cm³/mol. The van der Waals surface area contributed by atoms with Crippen LogP contribution in [0.1, 0.15) is 62.1 Å². The van der Waals surface area contributed by atoms with Crippen molar-refractivity contribution in [2.75, 3.05) is 6.54 Å². The molecular formula is C34H34ClF2NO6S. The molecule has 11 heteroatoms. The third kappa shape index (κ3) is 5.29. The molecule has 238 valence electrons. The maximum absolute atomic E-state index is 14.7. The van der Waals surface area contributed by atoms with E-state index in [1.54, 1.807) is 29.2 Å². The van der Waals surface area contributed by atoms with E-state index in [2.05, 4.69) is 0 Å². The number of hydrogen-bond acceptors (Lipinski definition) is 5. The average molecular weight is 658 g/mol. The van der Waals surface area contributed by atoms with Crippen molar-refractivity contribution in [3.05, 3.63) is 94.0 Å². The number of aryl methyl sites for hydroxylation is 1. The molecule has 3 aromatic carbocycles. The van der Waals surface area contributed by atoms with Crippen molar-refractivity contribution >= 4 is 33.3 Å². The van der Waals surface area contributed by atoms with E-state index in [1.165, 1.54) is 24.3 Å². The van der Waals surface area contributed by atoms with Crippen molar-refractivity contribution in [3.8, 4) is 5.75 Å². The number of rotatable bonds is 7.